The van der Waals surface area contributed by atoms with E-state index < -0.39 is 11.5 Å². The number of rotatable bonds is 2. The molecule has 0 saturated carbocycles. The monoisotopic (exact) mass is 398 g/mol. The number of hydrogen-bond donors (Lipinski definition) is 2. The van der Waals surface area contributed by atoms with Gasteiger partial charge in [-0.05, 0) is 37.4 Å². The third-order valence-corrected chi connectivity index (χ3v) is 8.12. The summed E-state index contributed by atoms with van der Waals surface area (Å²) in [7, 11) is 3.09. The summed E-state index contributed by atoms with van der Waals surface area (Å²) < 4.78 is 16.7. The maximum Gasteiger partial charge on any atom is 0.335 e. The molecule has 0 aromatic heterocycles. The molecule has 0 bridgehead atoms. The minimum atomic E-state index is -0.598. The zero-order chi connectivity index (χ0) is 20.0. The van der Waals surface area contributed by atoms with E-state index in [0.29, 0.717) is 18.6 Å². The average molecular weight is 398 g/mol. The summed E-state index contributed by atoms with van der Waals surface area (Å²) in [5, 5.41) is 14.8. The van der Waals surface area contributed by atoms with Crippen LogP contribution >= 0.6 is 0 Å². The van der Waals surface area contributed by atoms with Gasteiger partial charge in [-0.1, -0.05) is 6.07 Å². The highest BCUT2D eigenvalue weighted by Crippen LogP contribution is 2.67. The van der Waals surface area contributed by atoms with Crippen LogP contribution in [-0.2, 0) is 19.7 Å². The highest BCUT2D eigenvalue weighted by atomic mass is 16.5. The van der Waals surface area contributed by atoms with Crippen molar-refractivity contribution in [3.63, 3.8) is 0 Å². The lowest BCUT2D eigenvalue weighted by atomic mass is 9.52. The lowest BCUT2D eigenvalue weighted by molar-refractivity contribution is -0.139. The minimum absolute atomic E-state index is 0.0442. The van der Waals surface area contributed by atoms with Crippen molar-refractivity contribution in [1.29, 1.82) is 0 Å². The van der Waals surface area contributed by atoms with Gasteiger partial charge in [0.25, 0.3) is 0 Å². The third kappa shape index (κ3) is 1.92. The Morgan fingerprint density at radius 2 is 2.21 bits per heavy atom. The van der Waals surface area contributed by atoms with E-state index in [1.165, 1.54) is 12.7 Å². The minimum Gasteiger partial charge on any atom is -0.497 e. The molecule has 1 aromatic rings. The first-order chi connectivity index (χ1) is 14.1. The van der Waals surface area contributed by atoms with Gasteiger partial charge < -0.3 is 24.6 Å². The number of hydrogen-bond acceptors (Lipinski definition) is 7. The van der Waals surface area contributed by atoms with Crippen LogP contribution in [0.4, 0.5) is 5.69 Å². The van der Waals surface area contributed by atoms with Crippen molar-refractivity contribution in [3.8, 4) is 5.75 Å². The number of fused-ring (bicyclic) bond motifs is 1. The summed E-state index contributed by atoms with van der Waals surface area (Å²) in [4.78, 5) is 15.5. The Hall–Kier alpha value is -2.09. The highest BCUT2D eigenvalue weighted by Gasteiger charge is 2.72. The smallest absolute Gasteiger partial charge is 0.335 e. The molecule has 5 atom stereocenters. The van der Waals surface area contributed by atoms with Crippen molar-refractivity contribution in [2.24, 2.45) is 5.41 Å². The van der Waals surface area contributed by atoms with Crippen molar-refractivity contribution in [2.45, 2.75) is 42.9 Å². The van der Waals surface area contributed by atoms with Crippen LogP contribution in [0.2, 0.25) is 0 Å². The van der Waals surface area contributed by atoms with Gasteiger partial charge in [-0.2, -0.15) is 0 Å². The molecule has 0 radical (unpaired) electrons. The number of benzene rings is 1. The molecule has 29 heavy (non-hydrogen) atoms. The van der Waals surface area contributed by atoms with Gasteiger partial charge in [0.1, 0.15) is 5.75 Å². The number of esters is 1. The number of carbonyl (C=O) groups is 1. The van der Waals surface area contributed by atoms with E-state index in [4.69, 9.17) is 14.2 Å². The van der Waals surface area contributed by atoms with Crippen LogP contribution in [0.5, 0.6) is 5.75 Å². The molecule has 7 heteroatoms. The van der Waals surface area contributed by atoms with Crippen molar-refractivity contribution in [1.82, 2.24) is 4.90 Å². The molecule has 3 fully saturated rings. The molecule has 3 saturated heterocycles. The van der Waals surface area contributed by atoms with Crippen LogP contribution in [-0.4, -0.2) is 68.1 Å². The molecule has 0 amide bonds. The van der Waals surface area contributed by atoms with E-state index in [1.54, 1.807) is 7.11 Å². The van der Waals surface area contributed by atoms with Crippen LogP contribution in [0.25, 0.3) is 0 Å². The normalized spacial score (nSPS) is 39.3. The molecular weight excluding hydrogens is 372 g/mol. The Kier molecular flexibility index (Phi) is 3.51. The highest BCUT2D eigenvalue weighted by molar-refractivity contribution is 5.93. The number of nitrogens with zero attached hydrogens (tertiary/aromatic N) is 1. The summed E-state index contributed by atoms with van der Waals surface area (Å²) in [5.74, 6) is 0.461. The van der Waals surface area contributed by atoms with E-state index >= 15 is 0 Å². The molecule has 154 valence electrons. The van der Waals surface area contributed by atoms with Crippen molar-refractivity contribution in [2.75, 3.05) is 39.2 Å². The van der Waals surface area contributed by atoms with E-state index in [2.05, 4.69) is 16.3 Å². The Labute approximate surface area is 169 Å². The van der Waals surface area contributed by atoms with Crippen LogP contribution in [0.1, 0.15) is 24.8 Å². The number of aliphatic hydroxyl groups excluding tert-OH is 1. The van der Waals surface area contributed by atoms with Gasteiger partial charge in [-0.3, -0.25) is 4.90 Å². The fourth-order valence-electron chi connectivity index (χ4n) is 7.09. The van der Waals surface area contributed by atoms with E-state index in [-0.39, 0.29) is 23.5 Å². The zero-order valence-electron chi connectivity index (χ0n) is 16.7. The third-order valence-electron chi connectivity index (χ3n) is 8.12. The van der Waals surface area contributed by atoms with Gasteiger partial charge in [0.05, 0.1) is 44.0 Å². The second-order valence-electron chi connectivity index (χ2n) is 8.96. The molecular formula is C22H26N2O5. The first kappa shape index (κ1) is 17.7. The maximum atomic E-state index is 12.9. The van der Waals surface area contributed by atoms with Crippen LogP contribution < -0.4 is 10.1 Å². The molecule has 1 aromatic carbocycles. The molecule has 2 spiro atoms. The zero-order valence-corrected chi connectivity index (χ0v) is 16.7. The second kappa shape index (κ2) is 5.74. The number of piperidine rings is 1. The quantitative estimate of drug-likeness (QED) is 0.729. The molecule has 5 aliphatic rings. The van der Waals surface area contributed by atoms with Gasteiger partial charge in [0.15, 0.2) is 0 Å². The van der Waals surface area contributed by atoms with Gasteiger partial charge in [-0.15, -0.1) is 0 Å². The van der Waals surface area contributed by atoms with Crippen LogP contribution in [0, 0.1) is 5.41 Å². The summed E-state index contributed by atoms with van der Waals surface area (Å²) in [5.41, 5.74) is 2.90. The number of nitrogens with one attached hydrogen (secondary N) is 1. The lowest BCUT2D eigenvalue weighted by Crippen LogP contribution is -2.66. The summed E-state index contributed by atoms with van der Waals surface area (Å²) in [6.45, 7) is 2.23. The Balaban J connectivity index is 1.65. The Morgan fingerprint density at radius 1 is 1.34 bits per heavy atom. The standard InChI is InChI=1S/C22H26N2O5/c1-27-12-3-4-14-15(9-12)23-18-13(19(26)28-2)10-22-16(25)11-29-17(22)5-7-24-8-6-21(14,18)20(22)24/h3-4,9,16-17,20,23,25H,5-8,10-11H2,1-2H3/t16-,17-,20-,21+,22+/m1/s1. The largest absolute Gasteiger partial charge is 0.497 e. The van der Waals surface area contributed by atoms with Crippen molar-refractivity contribution >= 4 is 11.7 Å². The topological polar surface area (TPSA) is 80.3 Å². The van der Waals surface area contributed by atoms with Crippen molar-refractivity contribution < 1.29 is 24.1 Å². The Morgan fingerprint density at radius 3 is 3.00 bits per heavy atom. The predicted molar refractivity (Wildman–Crippen MR) is 105 cm³/mol. The summed E-state index contributed by atoms with van der Waals surface area (Å²) in [6.07, 6.45) is 1.62. The van der Waals surface area contributed by atoms with Gasteiger partial charge in [-0.25, -0.2) is 4.79 Å². The molecule has 2 N–H and O–H groups in total. The molecule has 4 heterocycles. The van der Waals surface area contributed by atoms with E-state index in [0.717, 1.165) is 43.1 Å². The second-order valence-corrected chi connectivity index (χ2v) is 8.96. The Bertz CT molecular complexity index is 945. The fraction of sp³-hybridized carbons (Fsp3) is 0.591. The first-order valence-electron chi connectivity index (χ1n) is 10.4. The molecule has 4 aliphatic heterocycles. The molecule has 7 nitrogen and oxygen atoms in total. The summed E-state index contributed by atoms with van der Waals surface area (Å²) >= 11 is 0. The lowest BCUT2D eigenvalue weighted by Gasteiger charge is -2.57. The fourth-order valence-corrected chi connectivity index (χ4v) is 7.09. The number of carbonyl (C=O) groups excluding carboxylic acids is 1. The number of aliphatic hydroxyl groups is 1. The van der Waals surface area contributed by atoms with Gasteiger partial charge in [0.2, 0.25) is 0 Å². The SMILES string of the molecule is COC(=O)C1=C2Nc3cc(OC)ccc3[C@@]23CCN2CC[C@H]4OC[C@@H](O)[C@]4(C1)[C@H]23. The number of methoxy groups -OCH3 is 2. The summed E-state index contributed by atoms with van der Waals surface area (Å²) in [6, 6.07) is 6.21. The maximum absolute atomic E-state index is 12.9. The number of anilines is 1. The van der Waals surface area contributed by atoms with Crippen LogP contribution in [0.3, 0.4) is 0 Å². The number of ether oxygens (including phenoxy) is 3. The first-order valence-corrected chi connectivity index (χ1v) is 10.4. The average Bonchev–Trinajstić information content (AvgIpc) is 3.40. The van der Waals surface area contributed by atoms with Crippen LogP contribution in [0.15, 0.2) is 29.5 Å². The van der Waals surface area contributed by atoms with Gasteiger partial charge >= 0.3 is 5.97 Å². The van der Waals surface area contributed by atoms with E-state index in [1.807, 2.05) is 12.1 Å². The van der Waals surface area contributed by atoms with Gasteiger partial charge in [0, 0.05) is 35.5 Å². The predicted octanol–water partition coefficient (Wildman–Crippen LogP) is 1.41. The molecule has 6 rings (SSSR count). The van der Waals surface area contributed by atoms with E-state index in [9.17, 15) is 9.90 Å². The molecule has 1 aliphatic carbocycles. The van der Waals surface area contributed by atoms with Crippen molar-refractivity contribution in [3.05, 3.63) is 35.0 Å². The molecule has 0 unspecified atom stereocenters.